The third kappa shape index (κ3) is 5.14. The van der Waals surface area contributed by atoms with Crippen molar-refractivity contribution in [2.75, 3.05) is 17.7 Å². The van der Waals surface area contributed by atoms with Gasteiger partial charge in [-0.25, -0.2) is 8.42 Å². The normalized spacial score (nSPS) is 13.4. The van der Waals surface area contributed by atoms with E-state index in [4.69, 9.17) is 4.74 Å². The number of hydrogen-bond acceptors (Lipinski definition) is 5. The van der Waals surface area contributed by atoms with Crippen LogP contribution in [0, 0.1) is 0 Å². The summed E-state index contributed by atoms with van der Waals surface area (Å²) in [6, 6.07) is 13.8. The third-order valence-corrected chi connectivity index (χ3v) is 6.38. The Labute approximate surface area is 170 Å². The fourth-order valence-corrected chi connectivity index (χ4v) is 4.31. The Morgan fingerprint density at radius 1 is 1.17 bits per heavy atom. The largest absolute Gasteiger partial charge is 0.482 e. The van der Waals surface area contributed by atoms with Crippen LogP contribution in [-0.2, 0) is 26.0 Å². The van der Waals surface area contributed by atoms with E-state index in [1.807, 2.05) is 44.2 Å². The molecule has 1 aliphatic heterocycles. The van der Waals surface area contributed by atoms with Crippen molar-refractivity contribution in [2.45, 2.75) is 37.8 Å². The number of nitrogens with one attached hydrogen (secondary N) is 1. The van der Waals surface area contributed by atoms with Crippen LogP contribution in [0.5, 0.6) is 5.75 Å². The predicted molar refractivity (Wildman–Crippen MR) is 109 cm³/mol. The second-order valence-corrected chi connectivity index (χ2v) is 9.27. The smallest absolute Gasteiger partial charge is 0.262 e. The molecule has 1 N–H and O–H groups in total. The molecular weight excluding hydrogens is 392 g/mol. The lowest BCUT2D eigenvalue weighted by Crippen LogP contribution is -2.37. The maximum atomic E-state index is 12.7. The topological polar surface area (TPSA) is 92.8 Å². The Kier molecular flexibility index (Phi) is 6.22. The van der Waals surface area contributed by atoms with Crippen molar-refractivity contribution in [3.8, 4) is 5.75 Å². The fraction of sp³-hybridized carbons (Fsp3) is 0.333. The summed E-state index contributed by atoms with van der Waals surface area (Å²) >= 11 is 0. The van der Waals surface area contributed by atoms with E-state index in [-0.39, 0.29) is 41.5 Å². The van der Waals surface area contributed by atoms with Crippen LogP contribution in [0.1, 0.15) is 25.8 Å². The van der Waals surface area contributed by atoms with Gasteiger partial charge in [0.1, 0.15) is 5.75 Å². The van der Waals surface area contributed by atoms with Crippen molar-refractivity contribution >= 4 is 27.3 Å². The van der Waals surface area contributed by atoms with Crippen LogP contribution in [0.15, 0.2) is 53.4 Å². The van der Waals surface area contributed by atoms with E-state index in [0.29, 0.717) is 18.0 Å². The summed E-state index contributed by atoms with van der Waals surface area (Å²) in [5, 5.41) is 2.62. The minimum atomic E-state index is -3.67. The number of anilines is 1. The Balaban J connectivity index is 1.68. The van der Waals surface area contributed by atoms with Gasteiger partial charge in [0.05, 0.1) is 16.3 Å². The monoisotopic (exact) mass is 416 g/mol. The Bertz CT molecular complexity index is 1000. The van der Waals surface area contributed by atoms with E-state index in [1.165, 1.54) is 18.2 Å². The van der Waals surface area contributed by atoms with Gasteiger partial charge in [-0.3, -0.25) is 9.59 Å². The highest BCUT2D eigenvalue weighted by atomic mass is 32.2. The SMILES string of the molecule is CC(C)N(Cc1ccccc1)C(=O)CCS(=O)(=O)c1ccc2c(c1)OCC(=O)N2. The van der Waals surface area contributed by atoms with Gasteiger partial charge in [0.2, 0.25) is 5.91 Å². The van der Waals surface area contributed by atoms with E-state index in [1.54, 1.807) is 4.90 Å². The predicted octanol–water partition coefficient (Wildman–Crippen LogP) is 2.62. The van der Waals surface area contributed by atoms with Crippen molar-refractivity contribution < 1.29 is 22.7 Å². The molecule has 0 aromatic heterocycles. The van der Waals surface area contributed by atoms with E-state index in [2.05, 4.69) is 5.32 Å². The van der Waals surface area contributed by atoms with Gasteiger partial charge in [-0.2, -0.15) is 0 Å². The molecule has 0 spiro atoms. The summed E-state index contributed by atoms with van der Waals surface area (Å²) in [6.07, 6.45) is -0.109. The van der Waals surface area contributed by atoms with Gasteiger partial charge >= 0.3 is 0 Å². The summed E-state index contributed by atoms with van der Waals surface area (Å²) in [5.41, 5.74) is 1.43. The first kappa shape index (κ1) is 20.9. The summed E-state index contributed by atoms with van der Waals surface area (Å²) in [4.78, 5) is 25.8. The number of hydrogen-bond donors (Lipinski definition) is 1. The lowest BCUT2D eigenvalue weighted by Gasteiger charge is -2.27. The average molecular weight is 416 g/mol. The summed E-state index contributed by atoms with van der Waals surface area (Å²) in [6.45, 7) is 4.09. The number of carbonyl (C=O) groups excluding carboxylic acids is 2. The molecule has 8 heteroatoms. The van der Waals surface area contributed by atoms with Crippen molar-refractivity contribution in [3.63, 3.8) is 0 Å². The van der Waals surface area contributed by atoms with Crippen LogP contribution >= 0.6 is 0 Å². The van der Waals surface area contributed by atoms with Gasteiger partial charge in [0, 0.05) is 25.1 Å². The molecule has 2 aromatic carbocycles. The Morgan fingerprint density at radius 3 is 2.59 bits per heavy atom. The number of carbonyl (C=O) groups is 2. The number of amides is 2. The molecule has 7 nitrogen and oxygen atoms in total. The van der Waals surface area contributed by atoms with Crippen molar-refractivity contribution in [1.29, 1.82) is 0 Å². The van der Waals surface area contributed by atoms with Gasteiger partial charge in [-0.1, -0.05) is 30.3 Å². The summed E-state index contributed by atoms with van der Waals surface area (Å²) in [5.74, 6) is -0.487. The van der Waals surface area contributed by atoms with Gasteiger partial charge in [0.15, 0.2) is 16.4 Å². The molecule has 1 aliphatic rings. The fourth-order valence-electron chi connectivity index (χ4n) is 3.07. The molecule has 2 aromatic rings. The molecule has 2 amide bonds. The summed E-state index contributed by atoms with van der Waals surface area (Å²) in [7, 11) is -3.67. The molecule has 0 saturated heterocycles. The van der Waals surface area contributed by atoms with E-state index >= 15 is 0 Å². The number of fused-ring (bicyclic) bond motifs is 1. The number of ether oxygens (including phenoxy) is 1. The highest BCUT2D eigenvalue weighted by Gasteiger charge is 2.24. The zero-order valence-corrected chi connectivity index (χ0v) is 17.2. The van der Waals surface area contributed by atoms with Crippen LogP contribution in [0.4, 0.5) is 5.69 Å². The molecular formula is C21H24N2O5S. The van der Waals surface area contributed by atoms with E-state index in [9.17, 15) is 18.0 Å². The van der Waals surface area contributed by atoms with E-state index in [0.717, 1.165) is 5.56 Å². The Hall–Kier alpha value is -2.87. The van der Waals surface area contributed by atoms with Crippen molar-refractivity contribution in [1.82, 2.24) is 4.90 Å². The number of benzene rings is 2. The van der Waals surface area contributed by atoms with Crippen LogP contribution in [0.3, 0.4) is 0 Å². The molecule has 0 atom stereocenters. The first-order valence-corrected chi connectivity index (χ1v) is 11.0. The van der Waals surface area contributed by atoms with Crippen LogP contribution in [-0.4, -0.2) is 43.5 Å². The van der Waals surface area contributed by atoms with Gasteiger partial charge in [-0.15, -0.1) is 0 Å². The number of rotatable bonds is 7. The maximum Gasteiger partial charge on any atom is 0.262 e. The number of nitrogens with zero attached hydrogens (tertiary/aromatic N) is 1. The minimum absolute atomic E-state index is 0.0498. The zero-order valence-electron chi connectivity index (χ0n) is 16.4. The second kappa shape index (κ2) is 8.65. The first-order chi connectivity index (χ1) is 13.8. The lowest BCUT2D eigenvalue weighted by molar-refractivity contribution is -0.133. The van der Waals surface area contributed by atoms with E-state index < -0.39 is 9.84 Å². The molecule has 0 bridgehead atoms. The van der Waals surface area contributed by atoms with Crippen molar-refractivity contribution in [2.24, 2.45) is 0 Å². The molecule has 0 saturated carbocycles. The number of sulfone groups is 1. The van der Waals surface area contributed by atoms with Crippen LogP contribution < -0.4 is 10.1 Å². The molecule has 154 valence electrons. The van der Waals surface area contributed by atoms with Gasteiger partial charge < -0.3 is 15.0 Å². The molecule has 3 rings (SSSR count). The second-order valence-electron chi connectivity index (χ2n) is 7.16. The highest BCUT2D eigenvalue weighted by molar-refractivity contribution is 7.91. The van der Waals surface area contributed by atoms with Gasteiger partial charge in [0.25, 0.3) is 5.91 Å². The standard InChI is InChI=1S/C21H24N2O5S/c1-15(2)23(13-16-6-4-3-5-7-16)21(25)10-11-29(26,27)17-8-9-18-19(12-17)28-14-20(24)22-18/h3-9,12,15H,10-11,13-14H2,1-2H3,(H,22,24). The molecule has 0 radical (unpaired) electrons. The van der Waals surface area contributed by atoms with Crippen LogP contribution in [0.2, 0.25) is 0 Å². The van der Waals surface area contributed by atoms with Gasteiger partial charge in [-0.05, 0) is 31.5 Å². The molecule has 0 aliphatic carbocycles. The van der Waals surface area contributed by atoms with Crippen molar-refractivity contribution in [3.05, 3.63) is 54.1 Å². The van der Waals surface area contributed by atoms with Crippen LogP contribution in [0.25, 0.3) is 0 Å². The maximum absolute atomic E-state index is 12.7. The zero-order chi connectivity index (χ0) is 21.0. The Morgan fingerprint density at radius 2 is 1.90 bits per heavy atom. The minimum Gasteiger partial charge on any atom is -0.482 e. The average Bonchev–Trinajstić information content (AvgIpc) is 2.70. The molecule has 0 unspecified atom stereocenters. The third-order valence-electron chi connectivity index (χ3n) is 4.67. The highest BCUT2D eigenvalue weighted by Crippen LogP contribution is 2.30. The molecule has 29 heavy (non-hydrogen) atoms. The summed E-state index contributed by atoms with van der Waals surface area (Å²) < 4.78 is 30.7. The quantitative estimate of drug-likeness (QED) is 0.749. The lowest BCUT2D eigenvalue weighted by atomic mass is 10.2. The molecule has 1 heterocycles. The molecule has 0 fully saturated rings. The first-order valence-electron chi connectivity index (χ1n) is 9.39.